The molecule has 0 radical (unpaired) electrons. The van der Waals surface area contributed by atoms with Crippen LogP contribution < -0.4 is 5.73 Å². The van der Waals surface area contributed by atoms with Crippen molar-refractivity contribution in [2.24, 2.45) is 41.2 Å². The summed E-state index contributed by atoms with van der Waals surface area (Å²) in [6, 6.07) is 3.26. The second-order valence-corrected chi connectivity index (χ2v) is 11.8. The van der Waals surface area contributed by atoms with Crippen molar-refractivity contribution in [2.45, 2.75) is 59.1 Å². The zero-order valence-corrected chi connectivity index (χ0v) is 21.8. The zero-order chi connectivity index (χ0) is 27.4. The van der Waals surface area contributed by atoms with Gasteiger partial charge in [-0.05, 0) is 47.8 Å². The minimum Gasteiger partial charge on any atom is -0.507 e. The number of nitrogens with two attached hydrogens (primary N) is 1. The largest absolute Gasteiger partial charge is 0.507 e. The van der Waals surface area contributed by atoms with E-state index in [0.717, 1.165) is 18.7 Å². The predicted molar refractivity (Wildman–Crippen MR) is 133 cm³/mol. The Morgan fingerprint density at radius 3 is 2.24 bits per heavy atom. The number of nitrogens with zero attached hydrogens (tertiary/aromatic N) is 1. The maximum absolute atomic E-state index is 13.7. The van der Waals surface area contributed by atoms with Crippen LogP contribution in [0.3, 0.4) is 0 Å². The number of fused-ring (bicyclic) bond motifs is 3. The molecule has 5 atom stereocenters. The van der Waals surface area contributed by atoms with E-state index in [4.69, 9.17) is 5.73 Å². The molecule has 4 rings (SSSR count). The fourth-order valence-electron chi connectivity index (χ4n) is 6.66. The summed E-state index contributed by atoms with van der Waals surface area (Å²) in [6.07, 6.45) is 0.0553. The van der Waals surface area contributed by atoms with Gasteiger partial charge in [0.2, 0.25) is 5.91 Å². The summed E-state index contributed by atoms with van der Waals surface area (Å²) in [6.45, 7) is 10.8. The van der Waals surface area contributed by atoms with Crippen molar-refractivity contribution >= 4 is 29.0 Å². The molecule has 0 spiro atoms. The molecule has 1 amide bonds. The van der Waals surface area contributed by atoms with E-state index in [1.54, 1.807) is 0 Å². The maximum atomic E-state index is 13.7. The molecule has 0 heterocycles. The first-order valence-electron chi connectivity index (χ1n) is 13.0. The molecule has 2 fully saturated rings. The van der Waals surface area contributed by atoms with Crippen LogP contribution in [0.2, 0.25) is 0 Å². The molecule has 0 aromatic heterocycles. The highest BCUT2D eigenvalue weighted by Crippen LogP contribution is 2.50. The Balaban J connectivity index is 1.73. The summed E-state index contributed by atoms with van der Waals surface area (Å²) in [5.41, 5.74) is 4.21. The average molecular weight is 513 g/mol. The van der Waals surface area contributed by atoms with Crippen molar-refractivity contribution in [3.05, 3.63) is 28.8 Å². The van der Waals surface area contributed by atoms with Gasteiger partial charge in [-0.3, -0.25) is 28.9 Å². The van der Waals surface area contributed by atoms with Crippen molar-refractivity contribution in [2.75, 3.05) is 13.1 Å². The SMILES string of the molecule is CC(C)CN(Cc1ccc(O)c2c1C[C@H]1C[C@H]3CC(=O)C(C(N)=O)C(=O)[C@@]3(O)C(=O)C1C2=O)CC(C)C. The number of primary amides is 1. The third kappa shape index (κ3) is 4.52. The molecule has 3 aliphatic carbocycles. The van der Waals surface area contributed by atoms with Gasteiger partial charge in [0, 0.05) is 32.0 Å². The molecule has 3 aliphatic rings. The monoisotopic (exact) mass is 512 g/mol. The molecule has 37 heavy (non-hydrogen) atoms. The van der Waals surface area contributed by atoms with Crippen LogP contribution in [0.1, 0.15) is 62.0 Å². The second kappa shape index (κ2) is 9.76. The first kappa shape index (κ1) is 27.1. The van der Waals surface area contributed by atoms with Crippen LogP contribution in [0.5, 0.6) is 5.75 Å². The highest BCUT2D eigenvalue weighted by atomic mass is 16.3. The van der Waals surface area contributed by atoms with Gasteiger partial charge in [0.15, 0.2) is 34.7 Å². The number of aromatic hydroxyl groups is 1. The summed E-state index contributed by atoms with van der Waals surface area (Å²) in [7, 11) is 0. The summed E-state index contributed by atoms with van der Waals surface area (Å²) in [5, 5.41) is 22.0. The van der Waals surface area contributed by atoms with Gasteiger partial charge in [-0.2, -0.15) is 0 Å². The predicted octanol–water partition coefficient (Wildman–Crippen LogP) is 1.44. The zero-order valence-electron chi connectivity index (χ0n) is 21.8. The third-order valence-electron chi connectivity index (χ3n) is 8.02. The van der Waals surface area contributed by atoms with E-state index in [2.05, 4.69) is 32.6 Å². The summed E-state index contributed by atoms with van der Waals surface area (Å²) in [4.78, 5) is 66.9. The molecule has 0 aliphatic heterocycles. The van der Waals surface area contributed by atoms with E-state index >= 15 is 0 Å². The van der Waals surface area contributed by atoms with Gasteiger partial charge in [0.05, 0.1) is 11.5 Å². The van der Waals surface area contributed by atoms with Gasteiger partial charge in [-0.15, -0.1) is 0 Å². The quantitative estimate of drug-likeness (QED) is 0.464. The molecule has 0 saturated heterocycles. The molecule has 9 nitrogen and oxygen atoms in total. The minimum atomic E-state index is -2.62. The maximum Gasteiger partial charge on any atom is 0.235 e. The Kier molecular flexibility index (Phi) is 7.16. The number of hydrogen-bond donors (Lipinski definition) is 3. The lowest BCUT2D eigenvalue weighted by atomic mass is 9.53. The topological polar surface area (TPSA) is 155 Å². The Morgan fingerprint density at radius 1 is 1.05 bits per heavy atom. The normalized spacial score (nSPS) is 29.5. The van der Waals surface area contributed by atoms with Crippen LogP contribution in [-0.4, -0.2) is 62.8 Å². The number of hydrogen-bond acceptors (Lipinski definition) is 8. The smallest absolute Gasteiger partial charge is 0.235 e. The highest BCUT2D eigenvalue weighted by molar-refractivity contribution is 6.31. The number of phenols is 1. The number of amides is 1. The van der Waals surface area contributed by atoms with E-state index < -0.39 is 58.3 Å². The van der Waals surface area contributed by atoms with E-state index in [0.29, 0.717) is 30.4 Å². The first-order chi connectivity index (χ1) is 17.3. The van der Waals surface area contributed by atoms with E-state index in [9.17, 15) is 34.2 Å². The molecule has 1 aromatic rings. The standard InChI is InChI=1S/C28H36N2O7/c1-13(2)10-30(11-14(3)4)12-15-5-6-19(31)22-18(15)8-16-7-17-9-20(32)23(27(29)36)26(35)28(17,37)25(34)21(16)24(22)33/h5-6,13-14,16-17,21,23,31,37H,7-12H2,1-4H3,(H2,29,36)/t16-,17+,21?,23?,28+/m1/s1. The Morgan fingerprint density at radius 2 is 1.68 bits per heavy atom. The van der Waals surface area contributed by atoms with Crippen molar-refractivity contribution in [1.82, 2.24) is 4.90 Å². The van der Waals surface area contributed by atoms with Gasteiger partial charge in [0.1, 0.15) is 5.75 Å². The van der Waals surface area contributed by atoms with Crippen LogP contribution in [0, 0.1) is 35.5 Å². The lowest BCUT2D eigenvalue weighted by Gasteiger charge is -2.48. The third-order valence-corrected chi connectivity index (χ3v) is 8.02. The van der Waals surface area contributed by atoms with Crippen LogP contribution >= 0.6 is 0 Å². The number of carbonyl (C=O) groups is 5. The van der Waals surface area contributed by atoms with Crippen molar-refractivity contribution in [3.63, 3.8) is 0 Å². The van der Waals surface area contributed by atoms with Gasteiger partial charge in [0.25, 0.3) is 0 Å². The van der Waals surface area contributed by atoms with Gasteiger partial charge in [-0.1, -0.05) is 33.8 Å². The lowest BCUT2D eigenvalue weighted by molar-refractivity contribution is -0.175. The highest BCUT2D eigenvalue weighted by Gasteiger charge is 2.66. The molecule has 9 heteroatoms. The van der Waals surface area contributed by atoms with Crippen molar-refractivity contribution in [3.8, 4) is 5.75 Å². The lowest BCUT2D eigenvalue weighted by Crippen LogP contribution is -2.68. The molecular weight excluding hydrogens is 476 g/mol. The van der Waals surface area contributed by atoms with Crippen LogP contribution in [0.15, 0.2) is 12.1 Å². The Labute approximate surface area is 216 Å². The average Bonchev–Trinajstić information content (AvgIpc) is 2.77. The van der Waals surface area contributed by atoms with E-state index in [1.807, 2.05) is 6.07 Å². The molecule has 2 unspecified atom stereocenters. The summed E-state index contributed by atoms with van der Waals surface area (Å²) >= 11 is 0. The molecule has 2 saturated carbocycles. The van der Waals surface area contributed by atoms with Crippen LogP contribution in [-0.2, 0) is 32.1 Å². The number of benzene rings is 1. The first-order valence-corrected chi connectivity index (χ1v) is 13.0. The molecule has 1 aromatic carbocycles. The number of carbonyl (C=O) groups excluding carboxylic acids is 5. The number of ketones is 4. The molecular formula is C28H36N2O7. The number of Topliss-reactive ketones (excluding diaryl/α,β-unsaturated/α-hetero) is 4. The van der Waals surface area contributed by atoms with Gasteiger partial charge in [-0.25, -0.2) is 0 Å². The van der Waals surface area contributed by atoms with Gasteiger partial charge >= 0.3 is 0 Å². The molecule has 200 valence electrons. The van der Waals surface area contributed by atoms with Crippen LogP contribution in [0.4, 0.5) is 0 Å². The second-order valence-electron chi connectivity index (χ2n) is 11.8. The fraction of sp³-hybridized carbons (Fsp3) is 0.607. The minimum absolute atomic E-state index is 0.0500. The number of rotatable bonds is 7. The van der Waals surface area contributed by atoms with Crippen LogP contribution in [0.25, 0.3) is 0 Å². The molecule has 0 bridgehead atoms. The fourth-order valence-corrected chi connectivity index (χ4v) is 6.66. The summed E-state index contributed by atoms with van der Waals surface area (Å²) < 4.78 is 0. The Hall–Kier alpha value is -2.91. The van der Waals surface area contributed by atoms with E-state index in [-0.39, 0.29) is 24.2 Å². The Bertz CT molecular complexity index is 1160. The molecule has 4 N–H and O–H groups in total. The van der Waals surface area contributed by atoms with Gasteiger partial charge < -0.3 is 15.9 Å². The summed E-state index contributed by atoms with van der Waals surface area (Å²) in [5.74, 6) is -9.00. The van der Waals surface area contributed by atoms with Crippen molar-refractivity contribution in [1.29, 1.82) is 0 Å². The van der Waals surface area contributed by atoms with Crippen molar-refractivity contribution < 1.29 is 34.2 Å². The van der Waals surface area contributed by atoms with E-state index in [1.165, 1.54) is 6.07 Å². The number of phenolic OH excluding ortho intramolecular Hbond substituents is 1. The number of aliphatic hydroxyl groups is 1.